The maximum atomic E-state index is 12.3. The van der Waals surface area contributed by atoms with E-state index in [1.165, 1.54) is 11.3 Å². The molecule has 1 aromatic heterocycles. The lowest BCUT2D eigenvalue weighted by atomic mass is 10.1. The van der Waals surface area contributed by atoms with Gasteiger partial charge in [-0.15, -0.1) is 0 Å². The van der Waals surface area contributed by atoms with Crippen LogP contribution in [0.2, 0.25) is 0 Å². The van der Waals surface area contributed by atoms with Crippen molar-refractivity contribution in [2.45, 2.75) is 12.2 Å². The molecule has 0 atom stereocenters. The molecule has 0 radical (unpaired) electrons. The number of aromatic nitrogens is 1. The number of anilines is 1. The summed E-state index contributed by atoms with van der Waals surface area (Å²) >= 11 is 1.38. The molecule has 28 heavy (non-hydrogen) atoms. The van der Waals surface area contributed by atoms with Crippen LogP contribution < -0.4 is 5.32 Å². The first kappa shape index (κ1) is 18.6. The third-order valence-electron chi connectivity index (χ3n) is 4.40. The standard InChI is InChI=1S/C21H18N2O3S2/c24-19(12-13-28(25,26)14-15-6-2-1-3-7-15)22-21-23-20-17-9-5-4-8-16(17)10-11-18(20)27-21/h1-11H,12-14H2,(H,22,23,24). The number of amides is 1. The number of fused-ring (bicyclic) bond motifs is 3. The van der Waals surface area contributed by atoms with E-state index in [0.29, 0.717) is 5.13 Å². The molecule has 0 aliphatic carbocycles. The summed E-state index contributed by atoms with van der Waals surface area (Å²) in [6.07, 6.45) is -0.0914. The van der Waals surface area contributed by atoms with Gasteiger partial charge in [0.1, 0.15) is 0 Å². The van der Waals surface area contributed by atoms with E-state index in [0.717, 1.165) is 26.6 Å². The highest BCUT2D eigenvalue weighted by Gasteiger charge is 2.16. The molecule has 142 valence electrons. The number of hydrogen-bond donors (Lipinski definition) is 1. The number of sulfone groups is 1. The van der Waals surface area contributed by atoms with Gasteiger partial charge >= 0.3 is 0 Å². The molecule has 7 heteroatoms. The van der Waals surface area contributed by atoms with Gasteiger partial charge in [0.15, 0.2) is 15.0 Å². The van der Waals surface area contributed by atoms with Crippen molar-refractivity contribution in [3.63, 3.8) is 0 Å². The summed E-state index contributed by atoms with van der Waals surface area (Å²) in [6.45, 7) is 0. The Morgan fingerprint density at radius 2 is 1.71 bits per heavy atom. The average Bonchev–Trinajstić information content (AvgIpc) is 3.10. The summed E-state index contributed by atoms with van der Waals surface area (Å²) in [7, 11) is -3.35. The first-order chi connectivity index (χ1) is 13.5. The number of nitrogens with zero attached hydrogens (tertiary/aromatic N) is 1. The first-order valence-corrected chi connectivity index (χ1v) is 11.5. The van der Waals surface area contributed by atoms with E-state index in [2.05, 4.69) is 10.3 Å². The SMILES string of the molecule is O=C(CCS(=O)(=O)Cc1ccccc1)Nc1nc2c(ccc3ccccc32)s1. The lowest BCUT2D eigenvalue weighted by Gasteiger charge is -2.04. The van der Waals surface area contributed by atoms with Gasteiger partial charge in [-0.05, 0) is 17.0 Å². The fourth-order valence-corrected chi connectivity index (χ4v) is 5.28. The van der Waals surface area contributed by atoms with Crippen molar-refractivity contribution < 1.29 is 13.2 Å². The quantitative estimate of drug-likeness (QED) is 0.511. The molecule has 0 unspecified atom stereocenters. The molecule has 4 rings (SSSR count). The van der Waals surface area contributed by atoms with Gasteiger partial charge in [-0.3, -0.25) is 4.79 Å². The monoisotopic (exact) mass is 410 g/mol. The van der Waals surface area contributed by atoms with Crippen molar-refractivity contribution >= 4 is 53.2 Å². The first-order valence-electron chi connectivity index (χ1n) is 8.83. The van der Waals surface area contributed by atoms with Crippen molar-refractivity contribution in [3.8, 4) is 0 Å². The summed E-state index contributed by atoms with van der Waals surface area (Å²) in [6, 6.07) is 20.9. The summed E-state index contributed by atoms with van der Waals surface area (Å²) in [5.74, 6) is -0.601. The molecule has 0 saturated carbocycles. The molecule has 0 fully saturated rings. The lowest BCUT2D eigenvalue weighted by Crippen LogP contribution is -2.18. The third-order valence-corrected chi connectivity index (χ3v) is 6.93. The number of carbonyl (C=O) groups is 1. The Balaban J connectivity index is 1.43. The number of hydrogen-bond acceptors (Lipinski definition) is 5. The van der Waals surface area contributed by atoms with Gasteiger partial charge in [-0.2, -0.15) is 0 Å². The van der Waals surface area contributed by atoms with Crippen molar-refractivity contribution in [2.24, 2.45) is 0 Å². The Kier molecular flexibility index (Phi) is 5.11. The van der Waals surface area contributed by atoms with Crippen molar-refractivity contribution in [3.05, 3.63) is 72.3 Å². The number of thiazole rings is 1. The lowest BCUT2D eigenvalue weighted by molar-refractivity contribution is -0.115. The summed E-state index contributed by atoms with van der Waals surface area (Å²) in [5.41, 5.74) is 1.57. The second kappa shape index (κ2) is 7.69. The maximum Gasteiger partial charge on any atom is 0.227 e. The van der Waals surface area contributed by atoms with E-state index in [4.69, 9.17) is 0 Å². The van der Waals surface area contributed by atoms with Crippen LogP contribution in [-0.2, 0) is 20.4 Å². The summed E-state index contributed by atoms with van der Waals surface area (Å²) in [4.78, 5) is 16.8. The van der Waals surface area contributed by atoms with E-state index in [1.54, 1.807) is 24.3 Å². The van der Waals surface area contributed by atoms with Crippen LogP contribution in [0.25, 0.3) is 21.0 Å². The highest BCUT2D eigenvalue weighted by molar-refractivity contribution is 7.90. The van der Waals surface area contributed by atoms with Gasteiger partial charge < -0.3 is 5.32 Å². The topological polar surface area (TPSA) is 76.1 Å². The molecule has 1 heterocycles. The zero-order valence-corrected chi connectivity index (χ0v) is 16.6. The van der Waals surface area contributed by atoms with Crippen LogP contribution in [0.3, 0.4) is 0 Å². The normalized spacial score (nSPS) is 11.7. The zero-order chi connectivity index (χ0) is 19.6. The molecule has 5 nitrogen and oxygen atoms in total. The second-order valence-corrected chi connectivity index (χ2v) is 9.74. The highest BCUT2D eigenvalue weighted by Crippen LogP contribution is 2.31. The van der Waals surface area contributed by atoms with Gasteiger partial charge in [0, 0.05) is 11.8 Å². The van der Waals surface area contributed by atoms with Crippen LogP contribution in [0.4, 0.5) is 5.13 Å². The third kappa shape index (κ3) is 4.21. The predicted molar refractivity (Wildman–Crippen MR) is 114 cm³/mol. The smallest absolute Gasteiger partial charge is 0.227 e. The van der Waals surface area contributed by atoms with E-state index in [-0.39, 0.29) is 23.8 Å². The minimum Gasteiger partial charge on any atom is -0.302 e. The minimum atomic E-state index is -3.35. The van der Waals surface area contributed by atoms with Crippen LogP contribution >= 0.6 is 11.3 Å². The van der Waals surface area contributed by atoms with Crippen LogP contribution in [0, 0.1) is 0 Å². The molecule has 0 aliphatic rings. The predicted octanol–water partition coefficient (Wildman–Crippen LogP) is 4.39. The van der Waals surface area contributed by atoms with Crippen molar-refractivity contribution in [1.29, 1.82) is 0 Å². The van der Waals surface area contributed by atoms with Gasteiger partial charge in [-0.25, -0.2) is 13.4 Å². The Bertz CT molecular complexity index is 1250. The van der Waals surface area contributed by atoms with Crippen molar-refractivity contribution in [1.82, 2.24) is 4.98 Å². The van der Waals surface area contributed by atoms with Gasteiger partial charge in [0.25, 0.3) is 0 Å². The second-order valence-electron chi connectivity index (χ2n) is 6.53. The fourth-order valence-electron chi connectivity index (χ4n) is 3.05. The Labute approximate surface area is 167 Å². The fraction of sp³-hybridized carbons (Fsp3) is 0.143. The minimum absolute atomic E-state index is 0.0613. The molecular formula is C21H18N2O3S2. The zero-order valence-electron chi connectivity index (χ0n) is 15.0. The van der Waals surface area contributed by atoms with Crippen LogP contribution in [-0.4, -0.2) is 25.1 Å². The molecule has 1 amide bonds. The number of carbonyl (C=O) groups excluding carboxylic acids is 1. The van der Waals surface area contributed by atoms with E-state index >= 15 is 0 Å². The molecule has 4 aromatic rings. The van der Waals surface area contributed by atoms with Gasteiger partial charge in [0.05, 0.1) is 21.7 Å². The van der Waals surface area contributed by atoms with Crippen LogP contribution in [0.5, 0.6) is 0 Å². The van der Waals surface area contributed by atoms with Gasteiger partial charge in [-0.1, -0.05) is 72.0 Å². The maximum absolute atomic E-state index is 12.3. The molecule has 0 bridgehead atoms. The Morgan fingerprint density at radius 1 is 0.964 bits per heavy atom. The molecule has 1 N–H and O–H groups in total. The summed E-state index contributed by atoms with van der Waals surface area (Å²) < 4.78 is 25.5. The van der Waals surface area contributed by atoms with Crippen LogP contribution in [0.1, 0.15) is 12.0 Å². The molecule has 0 spiro atoms. The Morgan fingerprint density at radius 3 is 2.54 bits per heavy atom. The van der Waals surface area contributed by atoms with E-state index in [9.17, 15) is 13.2 Å². The van der Waals surface area contributed by atoms with Gasteiger partial charge in [0.2, 0.25) is 5.91 Å². The number of benzene rings is 3. The van der Waals surface area contributed by atoms with Crippen LogP contribution in [0.15, 0.2) is 66.7 Å². The average molecular weight is 411 g/mol. The Hall–Kier alpha value is -2.77. The molecular weight excluding hydrogens is 392 g/mol. The van der Waals surface area contributed by atoms with E-state index < -0.39 is 9.84 Å². The molecule has 0 saturated heterocycles. The van der Waals surface area contributed by atoms with E-state index in [1.807, 2.05) is 42.5 Å². The highest BCUT2D eigenvalue weighted by atomic mass is 32.2. The number of rotatable bonds is 6. The number of nitrogens with one attached hydrogen (secondary N) is 1. The van der Waals surface area contributed by atoms with Crippen molar-refractivity contribution in [2.75, 3.05) is 11.1 Å². The largest absolute Gasteiger partial charge is 0.302 e. The summed E-state index contributed by atoms with van der Waals surface area (Å²) in [5, 5.41) is 5.34. The molecule has 3 aromatic carbocycles. The molecule has 0 aliphatic heterocycles.